The Morgan fingerprint density at radius 1 is 1.00 bits per heavy atom. The molecule has 19 heavy (non-hydrogen) atoms. The first-order chi connectivity index (χ1) is 9.20. The molecule has 0 fully saturated rings. The van der Waals surface area contributed by atoms with Gasteiger partial charge in [-0.25, -0.2) is 0 Å². The average molecular weight is 255 g/mol. The zero-order valence-electron chi connectivity index (χ0n) is 11.6. The van der Waals surface area contributed by atoms with Gasteiger partial charge in [0, 0.05) is 12.6 Å². The minimum absolute atomic E-state index is 0.104. The quantitative estimate of drug-likeness (QED) is 0.859. The van der Waals surface area contributed by atoms with Crippen LogP contribution in [0, 0.1) is 6.92 Å². The molecule has 2 rings (SSSR count). The van der Waals surface area contributed by atoms with Gasteiger partial charge in [0.15, 0.2) is 0 Å². The molecule has 2 N–H and O–H groups in total. The van der Waals surface area contributed by atoms with Gasteiger partial charge in [0.25, 0.3) is 0 Å². The van der Waals surface area contributed by atoms with Crippen LogP contribution in [0.3, 0.4) is 0 Å². The number of hydrogen-bond donors (Lipinski definition) is 2. The van der Waals surface area contributed by atoms with Crippen LogP contribution in [0.15, 0.2) is 48.5 Å². The lowest BCUT2D eigenvalue weighted by Gasteiger charge is -2.16. The van der Waals surface area contributed by atoms with Crippen LogP contribution >= 0.6 is 0 Å². The van der Waals surface area contributed by atoms with E-state index in [1.54, 1.807) is 0 Å². The van der Waals surface area contributed by atoms with Gasteiger partial charge >= 0.3 is 0 Å². The van der Waals surface area contributed by atoms with E-state index in [1.165, 1.54) is 16.7 Å². The molecule has 2 aromatic carbocycles. The lowest BCUT2D eigenvalue weighted by atomic mass is 10.0. The topological polar surface area (TPSA) is 32.3 Å². The summed E-state index contributed by atoms with van der Waals surface area (Å²) in [5.74, 6) is 0. The normalized spacial score (nSPS) is 12.4. The first kappa shape index (κ1) is 13.8. The van der Waals surface area contributed by atoms with Crippen LogP contribution in [0.5, 0.6) is 0 Å². The van der Waals surface area contributed by atoms with Crippen molar-refractivity contribution in [3.8, 4) is 0 Å². The zero-order valence-corrected chi connectivity index (χ0v) is 11.6. The third-order valence-corrected chi connectivity index (χ3v) is 3.47. The molecule has 0 bridgehead atoms. The highest BCUT2D eigenvalue weighted by molar-refractivity contribution is 5.28. The van der Waals surface area contributed by atoms with E-state index < -0.39 is 0 Å². The van der Waals surface area contributed by atoms with Gasteiger partial charge < -0.3 is 10.4 Å². The summed E-state index contributed by atoms with van der Waals surface area (Å²) in [6, 6.07) is 16.8. The van der Waals surface area contributed by atoms with Crippen LogP contribution in [0.25, 0.3) is 0 Å². The van der Waals surface area contributed by atoms with Crippen LogP contribution in [0.1, 0.15) is 35.2 Å². The molecule has 0 saturated carbocycles. The predicted molar refractivity (Wildman–Crippen MR) is 78.8 cm³/mol. The fraction of sp³-hybridized carbons (Fsp3) is 0.294. The van der Waals surface area contributed by atoms with E-state index in [1.807, 2.05) is 12.1 Å². The molecule has 2 aromatic rings. The largest absolute Gasteiger partial charge is 0.392 e. The summed E-state index contributed by atoms with van der Waals surface area (Å²) >= 11 is 0. The third kappa shape index (κ3) is 3.66. The Balaban J connectivity index is 1.96. The monoisotopic (exact) mass is 255 g/mol. The molecule has 2 nitrogen and oxygen atoms in total. The molecule has 0 spiro atoms. The SMILES string of the molecule is Cc1ccccc1[C@@H](C)NCc1ccc(CO)cc1. The molecule has 0 radical (unpaired) electrons. The van der Waals surface area contributed by atoms with Gasteiger partial charge in [-0.15, -0.1) is 0 Å². The van der Waals surface area contributed by atoms with Gasteiger partial charge in [-0.3, -0.25) is 0 Å². The van der Waals surface area contributed by atoms with E-state index in [0.29, 0.717) is 6.04 Å². The summed E-state index contributed by atoms with van der Waals surface area (Å²) in [6.07, 6.45) is 0. The van der Waals surface area contributed by atoms with Crippen molar-refractivity contribution in [3.63, 3.8) is 0 Å². The Morgan fingerprint density at radius 2 is 1.63 bits per heavy atom. The number of rotatable bonds is 5. The number of hydrogen-bond acceptors (Lipinski definition) is 2. The Labute approximate surface area is 115 Å². The molecule has 0 aliphatic carbocycles. The minimum atomic E-state index is 0.104. The van der Waals surface area contributed by atoms with E-state index in [9.17, 15) is 0 Å². The molecule has 0 saturated heterocycles. The number of benzene rings is 2. The maximum absolute atomic E-state index is 9.01. The van der Waals surface area contributed by atoms with Crippen molar-refractivity contribution in [2.45, 2.75) is 33.0 Å². The summed E-state index contributed by atoms with van der Waals surface area (Å²) < 4.78 is 0. The summed E-state index contributed by atoms with van der Waals surface area (Å²) in [6.45, 7) is 5.27. The van der Waals surface area contributed by atoms with Crippen molar-refractivity contribution in [1.82, 2.24) is 5.32 Å². The third-order valence-electron chi connectivity index (χ3n) is 3.47. The second-order valence-corrected chi connectivity index (χ2v) is 4.93. The highest BCUT2D eigenvalue weighted by Crippen LogP contribution is 2.17. The van der Waals surface area contributed by atoms with Crippen molar-refractivity contribution in [2.75, 3.05) is 0 Å². The van der Waals surface area contributed by atoms with E-state index in [0.717, 1.165) is 12.1 Å². The molecule has 1 atom stereocenters. The lowest BCUT2D eigenvalue weighted by Crippen LogP contribution is -2.18. The molecule has 0 aliphatic rings. The van der Waals surface area contributed by atoms with Gasteiger partial charge in [-0.2, -0.15) is 0 Å². The van der Waals surface area contributed by atoms with Crippen molar-refractivity contribution in [2.24, 2.45) is 0 Å². The molecule has 0 aromatic heterocycles. The van der Waals surface area contributed by atoms with Crippen LogP contribution in [0.4, 0.5) is 0 Å². The maximum Gasteiger partial charge on any atom is 0.0681 e. The van der Waals surface area contributed by atoms with Crippen LogP contribution in [0.2, 0.25) is 0 Å². The Morgan fingerprint density at radius 3 is 2.26 bits per heavy atom. The van der Waals surface area contributed by atoms with Gasteiger partial charge in [-0.05, 0) is 36.1 Å². The van der Waals surface area contributed by atoms with Crippen molar-refractivity contribution < 1.29 is 5.11 Å². The van der Waals surface area contributed by atoms with Crippen molar-refractivity contribution >= 4 is 0 Å². The summed E-state index contributed by atoms with van der Waals surface area (Å²) in [5, 5.41) is 12.5. The van der Waals surface area contributed by atoms with Gasteiger partial charge in [-0.1, -0.05) is 48.5 Å². The van der Waals surface area contributed by atoms with Gasteiger partial charge in [0.1, 0.15) is 0 Å². The molecule has 0 unspecified atom stereocenters. The summed E-state index contributed by atoms with van der Waals surface area (Å²) in [4.78, 5) is 0. The molecule has 0 amide bonds. The average Bonchev–Trinajstić information content (AvgIpc) is 2.46. The van der Waals surface area contributed by atoms with Crippen LogP contribution in [-0.2, 0) is 13.2 Å². The first-order valence-electron chi connectivity index (χ1n) is 6.68. The van der Waals surface area contributed by atoms with Crippen molar-refractivity contribution in [3.05, 3.63) is 70.8 Å². The fourth-order valence-electron chi connectivity index (χ4n) is 2.22. The number of nitrogens with one attached hydrogen (secondary N) is 1. The Hall–Kier alpha value is -1.64. The maximum atomic E-state index is 9.01. The second-order valence-electron chi connectivity index (χ2n) is 4.93. The van der Waals surface area contributed by atoms with E-state index >= 15 is 0 Å². The van der Waals surface area contributed by atoms with Gasteiger partial charge in [0.2, 0.25) is 0 Å². The first-order valence-corrected chi connectivity index (χ1v) is 6.68. The molecule has 2 heteroatoms. The predicted octanol–water partition coefficient (Wildman–Crippen LogP) is 3.34. The smallest absolute Gasteiger partial charge is 0.0681 e. The van der Waals surface area contributed by atoms with E-state index in [-0.39, 0.29) is 6.61 Å². The fourth-order valence-corrected chi connectivity index (χ4v) is 2.22. The number of aryl methyl sites for hydroxylation is 1. The summed E-state index contributed by atoms with van der Waals surface area (Å²) in [5.41, 5.74) is 4.85. The highest BCUT2D eigenvalue weighted by atomic mass is 16.3. The number of aliphatic hydroxyl groups excluding tert-OH is 1. The van der Waals surface area contributed by atoms with Gasteiger partial charge in [0.05, 0.1) is 6.61 Å². The Bertz CT molecular complexity index is 519. The van der Waals surface area contributed by atoms with Crippen LogP contribution < -0.4 is 5.32 Å². The standard InChI is InChI=1S/C17H21NO/c1-13-5-3-4-6-17(13)14(2)18-11-15-7-9-16(12-19)10-8-15/h3-10,14,18-19H,11-12H2,1-2H3/t14-/m1/s1. The molecule has 0 heterocycles. The summed E-state index contributed by atoms with van der Waals surface area (Å²) in [7, 11) is 0. The minimum Gasteiger partial charge on any atom is -0.392 e. The molecular weight excluding hydrogens is 234 g/mol. The zero-order chi connectivity index (χ0) is 13.7. The van der Waals surface area contributed by atoms with E-state index in [2.05, 4.69) is 55.6 Å². The van der Waals surface area contributed by atoms with Crippen molar-refractivity contribution in [1.29, 1.82) is 0 Å². The molecular formula is C17H21NO. The lowest BCUT2D eigenvalue weighted by molar-refractivity contribution is 0.282. The second kappa shape index (κ2) is 6.50. The number of aliphatic hydroxyl groups is 1. The van der Waals surface area contributed by atoms with E-state index in [4.69, 9.17) is 5.11 Å². The van der Waals surface area contributed by atoms with Crippen LogP contribution in [-0.4, -0.2) is 5.11 Å². The highest BCUT2D eigenvalue weighted by Gasteiger charge is 2.06. The molecule has 0 aliphatic heterocycles. The molecule has 100 valence electrons. The Kier molecular flexibility index (Phi) is 4.72.